The van der Waals surface area contributed by atoms with Gasteiger partial charge in [-0.15, -0.1) is 0 Å². The normalized spacial score (nSPS) is 25.2. The Kier molecular flexibility index (Phi) is 5.46. The molecule has 1 saturated heterocycles. The number of anilines is 1. The maximum Gasteiger partial charge on any atom is 0.252 e. The van der Waals surface area contributed by atoms with Crippen LogP contribution in [0.15, 0.2) is 30.6 Å². The number of aryl methyl sites for hydroxylation is 1. The number of halogens is 1. The van der Waals surface area contributed by atoms with Crippen molar-refractivity contribution >= 4 is 34.5 Å². The molecule has 11 heteroatoms. The monoisotopic (exact) mass is 458 g/mol. The predicted octanol–water partition coefficient (Wildman–Crippen LogP) is 1.30. The summed E-state index contributed by atoms with van der Waals surface area (Å²) in [5, 5.41) is 27.0. The van der Waals surface area contributed by atoms with Crippen molar-refractivity contribution in [3.05, 3.63) is 47.0 Å². The van der Waals surface area contributed by atoms with Crippen LogP contribution in [0.25, 0.3) is 11.2 Å². The van der Waals surface area contributed by atoms with Crippen molar-refractivity contribution in [1.29, 1.82) is 0 Å². The van der Waals surface area contributed by atoms with Crippen LogP contribution < -0.4 is 10.6 Å². The van der Waals surface area contributed by atoms with E-state index in [2.05, 4.69) is 25.6 Å². The zero-order valence-corrected chi connectivity index (χ0v) is 18.0. The minimum absolute atomic E-state index is 0.0115. The molecule has 168 valence electrons. The van der Waals surface area contributed by atoms with Gasteiger partial charge in [-0.25, -0.2) is 4.98 Å². The molecule has 1 amide bonds. The third kappa shape index (κ3) is 3.90. The number of carbonyl (C=O) groups is 1. The van der Waals surface area contributed by atoms with Crippen LogP contribution in [0.2, 0.25) is 5.28 Å². The summed E-state index contributed by atoms with van der Waals surface area (Å²) in [5.74, 6) is -0.0164. The highest BCUT2D eigenvalue weighted by atomic mass is 35.5. The number of hydrogen-bond donors (Lipinski definition) is 4. The second-order valence-electron chi connectivity index (χ2n) is 8.16. The lowest BCUT2D eigenvalue weighted by Gasteiger charge is -2.16. The maximum absolute atomic E-state index is 12.4. The largest absolute Gasteiger partial charge is 0.387 e. The lowest BCUT2D eigenvalue weighted by molar-refractivity contribution is -0.137. The van der Waals surface area contributed by atoms with Crippen molar-refractivity contribution in [3.63, 3.8) is 0 Å². The summed E-state index contributed by atoms with van der Waals surface area (Å²) in [7, 11) is 0. The summed E-state index contributed by atoms with van der Waals surface area (Å²) in [6.07, 6.45) is -1.74. The van der Waals surface area contributed by atoms with E-state index in [1.54, 1.807) is 0 Å². The summed E-state index contributed by atoms with van der Waals surface area (Å²) < 4.78 is 7.20. The fraction of sp³-hybridized carbons (Fsp3) is 0.429. The number of nitrogens with one attached hydrogen (secondary N) is 2. The second-order valence-corrected chi connectivity index (χ2v) is 8.49. The zero-order chi connectivity index (χ0) is 22.4. The zero-order valence-electron chi connectivity index (χ0n) is 17.3. The summed E-state index contributed by atoms with van der Waals surface area (Å²) in [4.78, 5) is 25.3. The molecule has 4 atom stereocenters. The summed E-state index contributed by atoms with van der Waals surface area (Å²) in [6, 6.07) is 8.07. The summed E-state index contributed by atoms with van der Waals surface area (Å²) in [5.41, 5.74) is 2.97. The van der Waals surface area contributed by atoms with Gasteiger partial charge in [-0.05, 0) is 42.5 Å². The molecule has 1 aromatic carbocycles. The molecule has 0 spiro atoms. The standard InChI is InChI=1S/C21H23ClN6O4/c1-10-4-2-3-5-11(10)8-23-17-13-18(27-21(22)26-17)28(9-24-13)20-15(30)14(29)16(32-20)19(31)25-12-6-7-12/h2-5,9,12,14-16,20,29-30H,6-8H2,1H3,(H,25,31)(H,23,26,27)/t14-,15+,16-,20+/m0/s1. The lowest BCUT2D eigenvalue weighted by atomic mass is 10.1. The van der Waals surface area contributed by atoms with Gasteiger partial charge in [0.2, 0.25) is 5.28 Å². The Balaban J connectivity index is 1.41. The number of imidazole rings is 1. The first-order valence-electron chi connectivity index (χ1n) is 10.4. The quantitative estimate of drug-likeness (QED) is 0.406. The molecule has 10 nitrogen and oxygen atoms in total. The number of aliphatic hydroxyl groups excluding tert-OH is 2. The van der Waals surface area contributed by atoms with Crippen LogP contribution >= 0.6 is 11.6 Å². The van der Waals surface area contributed by atoms with E-state index in [1.165, 1.54) is 10.9 Å². The van der Waals surface area contributed by atoms with Crippen LogP contribution in [-0.4, -0.2) is 60.0 Å². The third-order valence-electron chi connectivity index (χ3n) is 5.80. The number of benzene rings is 1. The van der Waals surface area contributed by atoms with E-state index in [9.17, 15) is 15.0 Å². The number of carbonyl (C=O) groups excluding carboxylic acids is 1. The molecule has 1 aliphatic carbocycles. The molecule has 3 aromatic rings. The van der Waals surface area contributed by atoms with Gasteiger partial charge < -0.3 is 25.6 Å². The van der Waals surface area contributed by atoms with E-state index < -0.39 is 30.4 Å². The Labute approximate surface area is 188 Å². The highest BCUT2D eigenvalue weighted by Crippen LogP contribution is 2.33. The molecule has 2 fully saturated rings. The van der Waals surface area contributed by atoms with Crippen LogP contribution in [0.3, 0.4) is 0 Å². The van der Waals surface area contributed by atoms with Crippen molar-refractivity contribution in [3.8, 4) is 0 Å². The van der Waals surface area contributed by atoms with Crippen molar-refractivity contribution < 1.29 is 19.7 Å². The van der Waals surface area contributed by atoms with Gasteiger partial charge in [0.25, 0.3) is 5.91 Å². The van der Waals surface area contributed by atoms with E-state index >= 15 is 0 Å². The number of rotatable bonds is 6. The fourth-order valence-corrected chi connectivity index (χ4v) is 3.97. The number of fused-ring (bicyclic) bond motifs is 1. The van der Waals surface area contributed by atoms with Crippen LogP contribution in [0, 0.1) is 6.92 Å². The van der Waals surface area contributed by atoms with Gasteiger partial charge in [-0.2, -0.15) is 9.97 Å². The first-order chi connectivity index (χ1) is 15.4. The molecule has 0 unspecified atom stereocenters. The number of hydrogen-bond acceptors (Lipinski definition) is 8. The average Bonchev–Trinajstić information content (AvgIpc) is 3.41. The number of nitrogens with zero attached hydrogens (tertiary/aromatic N) is 4. The average molecular weight is 459 g/mol. The van der Waals surface area contributed by atoms with Crippen LogP contribution in [-0.2, 0) is 16.1 Å². The van der Waals surface area contributed by atoms with Gasteiger partial charge in [0.15, 0.2) is 29.3 Å². The number of ether oxygens (including phenoxy) is 1. The van der Waals surface area contributed by atoms with Gasteiger partial charge >= 0.3 is 0 Å². The molecule has 0 bridgehead atoms. The lowest BCUT2D eigenvalue weighted by Crippen LogP contribution is -2.43. The number of amides is 1. The second kappa shape index (κ2) is 8.28. The Morgan fingerprint density at radius 1 is 1.25 bits per heavy atom. The highest BCUT2D eigenvalue weighted by Gasteiger charge is 2.48. The smallest absolute Gasteiger partial charge is 0.252 e. The molecule has 5 rings (SSSR count). The van der Waals surface area contributed by atoms with Crippen molar-refractivity contribution in [2.75, 3.05) is 5.32 Å². The predicted molar refractivity (Wildman–Crippen MR) is 116 cm³/mol. The van der Waals surface area contributed by atoms with Crippen LogP contribution in [0.4, 0.5) is 5.82 Å². The molecule has 4 N–H and O–H groups in total. The molecule has 3 heterocycles. The molecule has 2 aromatic heterocycles. The molecule has 32 heavy (non-hydrogen) atoms. The van der Waals surface area contributed by atoms with Gasteiger partial charge in [0.05, 0.1) is 6.33 Å². The fourth-order valence-electron chi connectivity index (χ4n) is 3.80. The Morgan fingerprint density at radius 3 is 2.78 bits per heavy atom. The summed E-state index contributed by atoms with van der Waals surface area (Å²) >= 11 is 6.16. The third-order valence-corrected chi connectivity index (χ3v) is 5.97. The minimum atomic E-state index is -1.38. The minimum Gasteiger partial charge on any atom is -0.387 e. The van der Waals surface area contributed by atoms with Gasteiger partial charge in [0, 0.05) is 12.6 Å². The van der Waals surface area contributed by atoms with E-state index in [-0.39, 0.29) is 11.3 Å². The number of aliphatic hydroxyl groups is 2. The van der Waals surface area contributed by atoms with Gasteiger partial charge in [0.1, 0.15) is 12.2 Å². The van der Waals surface area contributed by atoms with Crippen molar-refractivity contribution in [2.45, 2.75) is 56.9 Å². The van der Waals surface area contributed by atoms with Gasteiger partial charge in [-0.3, -0.25) is 9.36 Å². The number of aromatic nitrogens is 4. The Morgan fingerprint density at radius 2 is 2.03 bits per heavy atom. The first kappa shape index (κ1) is 21.1. The summed E-state index contributed by atoms with van der Waals surface area (Å²) in [6.45, 7) is 2.53. The topological polar surface area (TPSA) is 134 Å². The van der Waals surface area contributed by atoms with E-state index in [1.807, 2.05) is 31.2 Å². The van der Waals surface area contributed by atoms with Gasteiger partial charge in [-0.1, -0.05) is 24.3 Å². The van der Waals surface area contributed by atoms with Crippen molar-refractivity contribution in [2.24, 2.45) is 0 Å². The molecule has 0 radical (unpaired) electrons. The van der Waals surface area contributed by atoms with E-state index in [0.29, 0.717) is 23.5 Å². The van der Waals surface area contributed by atoms with E-state index in [0.717, 1.165) is 24.0 Å². The Bertz CT molecular complexity index is 1170. The molecule has 1 aliphatic heterocycles. The van der Waals surface area contributed by atoms with Crippen molar-refractivity contribution in [1.82, 2.24) is 24.8 Å². The highest BCUT2D eigenvalue weighted by molar-refractivity contribution is 6.28. The van der Waals surface area contributed by atoms with E-state index in [4.69, 9.17) is 16.3 Å². The molecule has 1 saturated carbocycles. The first-order valence-corrected chi connectivity index (χ1v) is 10.8. The Hall–Kier alpha value is -2.79. The molecule has 2 aliphatic rings. The maximum atomic E-state index is 12.4. The molecular formula is C21H23ClN6O4. The van der Waals surface area contributed by atoms with Crippen LogP contribution in [0.1, 0.15) is 30.2 Å². The molecular weight excluding hydrogens is 436 g/mol. The van der Waals surface area contributed by atoms with Crippen LogP contribution in [0.5, 0.6) is 0 Å². The SMILES string of the molecule is Cc1ccccc1CNc1nc(Cl)nc2c1ncn2[C@@H]1O[C@H](C(=O)NC2CC2)[C@@H](O)[C@H]1O.